The van der Waals surface area contributed by atoms with Gasteiger partial charge in [0, 0.05) is 24.8 Å². The van der Waals surface area contributed by atoms with E-state index in [9.17, 15) is 0 Å². The number of hydrogen-bond donors (Lipinski definition) is 0. The van der Waals surface area contributed by atoms with E-state index in [0.717, 1.165) is 22.8 Å². The number of pyridine rings is 4. The first kappa shape index (κ1) is 38.4. The Kier molecular flexibility index (Phi) is 16.4. The van der Waals surface area contributed by atoms with Gasteiger partial charge in [0.1, 0.15) is 0 Å². The van der Waals surface area contributed by atoms with Gasteiger partial charge in [0.2, 0.25) is 0 Å². The first-order valence-corrected chi connectivity index (χ1v) is 28.6. The molecule has 0 bridgehead atoms. The number of nitrogens with zero attached hydrogens (tertiary/aromatic N) is 4. The molecule has 0 atom stereocenters. The Bertz CT molecular complexity index is 1230. The van der Waals surface area contributed by atoms with Crippen LogP contribution in [0.4, 0.5) is 0 Å². The molecule has 43 heavy (non-hydrogen) atoms. The van der Waals surface area contributed by atoms with Crippen molar-refractivity contribution in [3.8, 4) is 22.8 Å². The van der Waals surface area contributed by atoms with Crippen molar-refractivity contribution in [3.05, 3.63) is 85.5 Å². The molecular formula is C32H42Br2Cl2N4RuSi2. The average molecular weight is 871 g/mol. The molecule has 0 unspecified atom stereocenters. The van der Waals surface area contributed by atoms with E-state index >= 15 is 0 Å². The number of hydrogen-bond acceptors (Lipinski definition) is 4. The molecule has 0 aromatic carbocycles. The summed E-state index contributed by atoms with van der Waals surface area (Å²) in [6, 6.07) is 20.0. The Morgan fingerprint density at radius 3 is 1.02 bits per heavy atom. The van der Waals surface area contributed by atoms with Crippen LogP contribution in [0.25, 0.3) is 22.8 Å². The van der Waals surface area contributed by atoms with Crippen molar-refractivity contribution in [3.63, 3.8) is 0 Å². The summed E-state index contributed by atoms with van der Waals surface area (Å²) in [6.45, 7) is 17.7. The first-order valence-electron chi connectivity index (χ1n) is 14.3. The van der Waals surface area contributed by atoms with E-state index in [2.05, 4.69) is 115 Å². The van der Waals surface area contributed by atoms with Crippen molar-refractivity contribution >= 4 is 74.5 Å². The predicted molar refractivity (Wildman–Crippen MR) is 196 cm³/mol. The quantitative estimate of drug-likeness (QED) is 0.131. The molecule has 234 valence electrons. The van der Waals surface area contributed by atoms with Crippen LogP contribution < -0.4 is 10.4 Å². The Morgan fingerprint density at radius 2 is 0.814 bits per heavy atom. The Balaban J connectivity index is 0.000000275. The van der Waals surface area contributed by atoms with Gasteiger partial charge < -0.3 is 0 Å². The zero-order valence-corrected chi connectivity index (χ0v) is 34.5. The van der Waals surface area contributed by atoms with E-state index in [1.54, 1.807) is 12.4 Å². The zero-order chi connectivity index (χ0) is 32.2. The number of halogens is 4. The summed E-state index contributed by atoms with van der Waals surface area (Å²) in [5.41, 5.74) is 5.51. The summed E-state index contributed by atoms with van der Waals surface area (Å²) < 4.78 is 0. The van der Waals surface area contributed by atoms with Gasteiger partial charge in [-0.1, -0.05) is 79.7 Å². The molecule has 4 aromatic rings. The second kappa shape index (κ2) is 18.4. The molecule has 4 nitrogen and oxygen atoms in total. The van der Waals surface area contributed by atoms with Crippen LogP contribution in [0.1, 0.15) is 55.4 Å². The molecule has 0 saturated carbocycles. The second-order valence-corrected chi connectivity index (χ2v) is 32.1. The fraction of sp³-hybridized carbons (Fsp3) is 0.375. The van der Waals surface area contributed by atoms with Crippen LogP contribution in [-0.2, 0) is 13.2 Å². The van der Waals surface area contributed by atoms with Crippen molar-refractivity contribution in [1.82, 2.24) is 19.9 Å². The van der Waals surface area contributed by atoms with Gasteiger partial charge in [0.25, 0.3) is 0 Å². The van der Waals surface area contributed by atoms with Gasteiger partial charge in [-0.15, -0.1) is 0 Å². The predicted octanol–water partition coefficient (Wildman–Crippen LogP) is 10.4. The molecule has 0 aliphatic heterocycles. The van der Waals surface area contributed by atoms with Gasteiger partial charge in [-0.2, -0.15) is 22.2 Å². The van der Waals surface area contributed by atoms with Crippen LogP contribution in [0.15, 0.2) is 85.5 Å². The van der Waals surface area contributed by atoms with Crippen LogP contribution in [0.3, 0.4) is 0 Å². The minimum absolute atomic E-state index is 0.335. The van der Waals surface area contributed by atoms with Crippen molar-refractivity contribution in [2.24, 2.45) is 0 Å². The van der Waals surface area contributed by atoms with Gasteiger partial charge in [-0.05, 0) is 68.9 Å². The minimum atomic E-state index is -2.01. The third kappa shape index (κ3) is 10.1. The van der Waals surface area contributed by atoms with Gasteiger partial charge in [-0.25, -0.2) is 0 Å². The maximum absolute atomic E-state index is 7.02. The fourth-order valence-electron chi connectivity index (χ4n) is 5.24. The SMILES string of the molecule is CC(C)[Si](Cl)(c1ccc(-c2ccccn2)nc1)C(C)C.CC(C)[Si](Cl)(c1ccc(-c2ccccn2)nc1)C(C)C.[Br][Ru][Br]. The molecule has 0 radical (unpaired) electrons. The maximum atomic E-state index is 7.02. The van der Waals surface area contributed by atoms with Crippen LogP contribution in [0.5, 0.6) is 0 Å². The Morgan fingerprint density at radius 1 is 0.512 bits per heavy atom. The standard InChI is InChI=1S/2C16H21ClN2Si.2BrH.Ru/c2*1-12(2)20(17,13(3)4)14-8-9-16(19-11-14)15-7-5-6-10-18-15;;;/h2*5-13H,1-4H3;2*1H;/q;;;;+2/p-2. The summed E-state index contributed by atoms with van der Waals surface area (Å²) in [5.74, 6) is 0. The summed E-state index contributed by atoms with van der Waals surface area (Å²) in [4.78, 5) is 17.8. The molecule has 4 aromatic heterocycles. The number of aromatic nitrogens is 4. The van der Waals surface area contributed by atoms with Crippen LogP contribution in [0.2, 0.25) is 22.2 Å². The summed E-state index contributed by atoms with van der Waals surface area (Å²) >= 11 is 20.7. The zero-order valence-electron chi connectivity index (χ0n) is 26.0. The van der Waals surface area contributed by atoms with Crippen LogP contribution in [0, 0.1) is 0 Å². The Labute approximate surface area is 291 Å². The summed E-state index contributed by atoms with van der Waals surface area (Å²) in [6.07, 6.45) is 7.47. The van der Waals surface area contributed by atoms with E-state index in [0.29, 0.717) is 35.4 Å². The first-order chi connectivity index (χ1) is 20.3. The van der Waals surface area contributed by atoms with Gasteiger partial charge in [-0.3, -0.25) is 19.9 Å². The molecule has 4 heterocycles. The molecular weight excluding hydrogens is 828 g/mol. The average Bonchev–Trinajstić information content (AvgIpc) is 3.01. The van der Waals surface area contributed by atoms with Crippen molar-refractivity contribution in [2.45, 2.75) is 77.6 Å². The van der Waals surface area contributed by atoms with Crippen molar-refractivity contribution in [1.29, 1.82) is 0 Å². The van der Waals surface area contributed by atoms with Gasteiger partial charge in [0.05, 0.1) is 22.8 Å². The third-order valence-corrected chi connectivity index (χ3v) is 23.3. The van der Waals surface area contributed by atoms with E-state index < -0.39 is 14.8 Å². The topological polar surface area (TPSA) is 51.6 Å². The molecule has 11 heteroatoms. The monoisotopic (exact) mass is 868 g/mol. The Hall–Kier alpha value is -0.803. The summed E-state index contributed by atoms with van der Waals surface area (Å²) in [7, 11) is -4.03. The van der Waals surface area contributed by atoms with Crippen LogP contribution in [-0.4, -0.2) is 34.7 Å². The van der Waals surface area contributed by atoms with E-state index in [1.807, 2.05) is 60.9 Å². The molecule has 0 saturated heterocycles. The van der Waals surface area contributed by atoms with Crippen LogP contribution >= 0.6 is 49.4 Å². The van der Waals surface area contributed by atoms with E-state index in [1.165, 1.54) is 10.4 Å². The van der Waals surface area contributed by atoms with Gasteiger partial charge in [0.15, 0.2) is 14.8 Å². The fourth-order valence-corrected chi connectivity index (χ4v) is 12.4. The summed E-state index contributed by atoms with van der Waals surface area (Å²) in [5, 5.41) is 2.42. The molecule has 0 spiro atoms. The third-order valence-electron chi connectivity index (χ3n) is 7.63. The molecule has 4 rings (SSSR count). The van der Waals surface area contributed by atoms with Gasteiger partial charge >= 0.3 is 40.5 Å². The second-order valence-electron chi connectivity index (χ2n) is 11.5. The molecule has 0 aliphatic carbocycles. The van der Waals surface area contributed by atoms with E-state index in [-0.39, 0.29) is 0 Å². The molecule has 0 N–H and O–H groups in total. The van der Waals surface area contributed by atoms with Crippen molar-refractivity contribution in [2.75, 3.05) is 0 Å². The molecule has 0 aliphatic rings. The van der Waals surface area contributed by atoms with Crippen molar-refractivity contribution < 1.29 is 13.2 Å². The molecule has 0 fully saturated rings. The molecule has 0 amide bonds. The number of rotatable bonds is 8. The van der Waals surface area contributed by atoms with E-state index in [4.69, 9.17) is 22.2 Å². The normalized spacial score (nSPS) is 11.8.